The topological polar surface area (TPSA) is 35.5 Å². The van der Waals surface area contributed by atoms with Gasteiger partial charge in [-0.05, 0) is 0 Å². The van der Waals surface area contributed by atoms with Crippen LogP contribution in [0.1, 0.15) is 0 Å². The first-order chi connectivity index (χ1) is 3.29. The summed E-state index contributed by atoms with van der Waals surface area (Å²) in [5.41, 5.74) is 0. The van der Waals surface area contributed by atoms with Crippen LogP contribution in [0.4, 0.5) is 9.18 Å². The van der Waals surface area contributed by atoms with Gasteiger partial charge in [-0.15, -0.1) is 0 Å². The van der Waals surface area contributed by atoms with E-state index in [0.29, 0.717) is 0 Å². The van der Waals surface area contributed by atoms with Gasteiger partial charge < -0.3 is 9.47 Å². The van der Waals surface area contributed by atoms with Crippen molar-refractivity contribution in [3.8, 4) is 0 Å². The quantitative estimate of drug-likeness (QED) is 0.343. The van der Waals surface area contributed by atoms with Crippen molar-refractivity contribution < 1.29 is 18.7 Å². The summed E-state index contributed by atoms with van der Waals surface area (Å²) < 4.78 is 19.5. The van der Waals surface area contributed by atoms with Gasteiger partial charge in [0.25, 0.3) is 6.36 Å². The molecule has 0 amide bonds. The van der Waals surface area contributed by atoms with Gasteiger partial charge in [0.1, 0.15) is 0 Å². The minimum atomic E-state index is -1.55. The Balaban J connectivity index is 0.000000490. The van der Waals surface area contributed by atoms with Crippen molar-refractivity contribution in [2.24, 2.45) is 0 Å². The van der Waals surface area contributed by atoms with Crippen LogP contribution in [0.5, 0.6) is 0 Å². The zero-order valence-electron chi connectivity index (χ0n) is 4.39. The molecule has 3 nitrogen and oxygen atoms in total. The van der Waals surface area contributed by atoms with Crippen LogP contribution < -0.4 is 0 Å². The molecule has 1 fully saturated rings. The molecule has 0 aliphatic carbocycles. The van der Waals surface area contributed by atoms with Crippen LogP contribution in [0.25, 0.3) is 0 Å². The molecule has 0 aromatic rings. The molecule has 1 radical (unpaired) electrons. The number of halogens is 1. The molecule has 0 saturated carbocycles. The molecule has 0 spiro atoms. The fourth-order valence-electron chi connectivity index (χ4n) is 0.306. The van der Waals surface area contributed by atoms with Crippen molar-refractivity contribution in [3.63, 3.8) is 0 Å². The number of hydrogen-bond donors (Lipinski definition) is 0. The number of ether oxygens (including phenoxy) is 2. The number of rotatable bonds is 0. The van der Waals surface area contributed by atoms with Crippen molar-refractivity contribution in [2.45, 2.75) is 6.36 Å². The number of alkyl halides is 1. The first kappa shape index (κ1) is 8.20. The zero-order valence-corrected chi connectivity index (χ0v) is 6.39. The molecule has 1 heterocycles. The summed E-state index contributed by atoms with van der Waals surface area (Å²) >= 11 is 0. The third-order valence-corrected chi connectivity index (χ3v) is 0.556. The summed E-state index contributed by atoms with van der Waals surface area (Å²) in [5, 5.41) is 0. The van der Waals surface area contributed by atoms with Gasteiger partial charge in [-0.1, -0.05) is 0 Å². The summed E-state index contributed by atoms with van der Waals surface area (Å²) in [5.74, 6) is 0. The van der Waals surface area contributed by atoms with Crippen molar-refractivity contribution in [3.05, 3.63) is 0 Å². The molecule has 1 rings (SSSR count). The first-order valence-electron chi connectivity index (χ1n) is 1.76. The van der Waals surface area contributed by atoms with E-state index in [1.165, 1.54) is 0 Å². The largest absolute Gasteiger partial charge is 0.511 e. The number of carbonyl (C=O) groups excluding carboxylic acids is 1. The van der Waals surface area contributed by atoms with Crippen LogP contribution >= 0.6 is 0 Å². The predicted molar refractivity (Wildman–Crippen MR) is 23.1 cm³/mol. The van der Waals surface area contributed by atoms with E-state index in [9.17, 15) is 9.18 Å². The number of carbonyl (C=O) groups is 1. The van der Waals surface area contributed by atoms with Gasteiger partial charge in [-0.3, -0.25) is 0 Å². The second-order valence-electron chi connectivity index (χ2n) is 1.09. The third-order valence-electron chi connectivity index (χ3n) is 0.556. The monoisotopic (exact) mass is 129 g/mol. The fourth-order valence-corrected chi connectivity index (χ4v) is 0.306. The van der Waals surface area contributed by atoms with Crippen LogP contribution in [0.3, 0.4) is 0 Å². The van der Waals surface area contributed by atoms with Crippen molar-refractivity contribution in [1.82, 2.24) is 0 Å². The normalized spacial score (nSPS) is 25.6. The van der Waals surface area contributed by atoms with Gasteiger partial charge in [0.2, 0.25) is 0 Å². The van der Waals surface area contributed by atoms with Crippen LogP contribution in [0.2, 0.25) is 0 Å². The zero-order chi connectivity index (χ0) is 5.28. The molecule has 0 aromatic carbocycles. The van der Waals surface area contributed by atoms with Crippen molar-refractivity contribution >= 4 is 35.7 Å². The second-order valence-corrected chi connectivity index (χ2v) is 1.09. The summed E-state index contributed by atoms with van der Waals surface area (Å²) in [7, 11) is 0. The van der Waals surface area contributed by atoms with E-state index in [1.807, 2.05) is 0 Å². The average molecular weight is 129 g/mol. The fraction of sp³-hybridized carbons (Fsp3) is 0.667. The molecule has 5 heteroatoms. The SMILES string of the molecule is O=C1OCC(F)O1.[Na]. The Morgan fingerprint density at radius 1 is 1.75 bits per heavy atom. The maximum Gasteiger partial charge on any atom is 0.511 e. The molecule has 1 aliphatic rings. The smallest absolute Gasteiger partial charge is 0.427 e. The van der Waals surface area contributed by atoms with E-state index in [2.05, 4.69) is 9.47 Å². The Bertz CT molecular complexity index is 96.5. The van der Waals surface area contributed by atoms with Gasteiger partial charge in [0.15, 0.2) is 6.61 Å². The van der Waals surface area contributed by atoms with E-state index in [4.69, 9.17) is 0 Å². The van der Waals surface area contributed by atoms with Gasteiger partial charge in [-0.25, -0.2) is 4.79 Å². The van der Waals surface area contributed by atoms with E-state index in [1.54, 1.807) is 0 Å². The maximum absolute atomic E-state index is 11.6. The first-order valence-corrected chi connectivity index (χ1v) is 1.76. The van der Waals surface area contributed by atoms with E-state index in [0.717, 1.165) is 0 Å². The van der Waals surface area contributed by atoms with Crippen molar-refractivity contribution in [2.75, 3.05) is 6.61 Å². The molecule has 0 N–H and O–H groups in total. The Hall–Kier alpha value is 0.200. The number of cyclic esters (lactones) is 2. The van der Waals surface area contributed by atoms with Crippen LogP contribution in [-0.2, 0) is 9.47 Å². The minimum Gasteiger partial charge on any atom is -0.427 e. The molecule has 1 saturated heterocycles. The summed E-state index contributed by atoms with van der Waals surface area (Å²) in [6.45, 7) is -0.265. The molecule has 1 atom stereocenters. The second kappa shape index (κ2) is 3.27. The Kier molecular flexibility index (Phi) is 3.35. The Morgan fingerprint density at radius 2 is 2.38 bits per heavy atom. The predicted octanol–water partition coefficient (Wildman–Crippen LogP) is 0.0680. The van der Waals surface area contributed by atoms with E-state index in [-0.39, 0.29) is 36.2 Å². The summed E-state index contributed by atoms with van der Waals surface area (Å²) in [4.78, 5) is 9.77. The molecule has 8 heavy (non-hydrogen) atoms. The van der Waals surface area contributed by atoms with E-state index < -0.39 is 12.5 Å². The molecule has 1 unspecified atom stereocenters. The Labute approximate surface area is 67.4 Å². The molecule has 1 aliphatic heterocycles. The molecular weight excluding hydrogens is 126 g/mol. The van der Waals surface area contributed by atoms with Crippen LogP contribution in [0, 0.1) is 0 Å². The standard InChI is InChI=1S/C3H3FO3.Na/c4-2-1-6-3(5)7-2;/h2H,1H2;. The van der Waals surface area contributed by atoms with Gasteiger partial charge in [-0.2, -0.15) is 4.39 Å². The van der Waals surface area contributed by atoms with Gasteiger partial charge in [0, 0.05) is 29.6 Å². The van der Waals surface area contributed by atoms with E-state index >= 15 is 0 Å². The van der Waals surface area contributed by atoms with Gasteiger partial charge in [0.05, 0.1) is 0 Å². The van der Waals surface area contributed by atoms with Gasteiger partial charge >= 0.3 is 6.16 Å². The number of hydrogen-bond acceptors (Lipinski definition) is 3. The molecule has 0 bridgehead atoms. The average Bonchev–Trinajstić information content (AvgIpc) is 1.87. The Morgan fingerprint density at radius 3 is 2.50 bits per heavy atom. The van der Waals surface area contributed by atoms with Crippen LogP contribution in [0.15, 0.2) is 0 Å². The minimum absolute atomic E-state index is 0. The third kappa shape index (κ3) is 1.98. The maximum atomic E-state index is 11.6. The molecular formula is C3H3FNaO3. The van der Waals surface area contributed by atoms with Crippen LogP contribution in [-0.4, -0.2) is 48.7 Å². The van der Waals surface area contributed by atoms with Crippen molar-refractivity contribution in [1.29, 1.82) is 0 Å². The summed E-state index contributed by atoms with van der Waals surface area (Å²) in [6, 6.07) is 0. The summed E-state index contributed by atoms with van der Waals surface area (Å²) in [6.07, 6.45) is -2.47. The molecule has 41 valence electrons. The molecule has 0 aromatic heterocycles.